The average molecular weight is 1060 g/mol. The minimum absolute atomic E-state index is 0.0351. The number of rotatable bonds is 4. The quantitative estimate of drug-likeness (QED) is 0.119. The van der Waals surface area contributed by atoms with E-state index in [0.717, 1.165) is 93.8 Å². The van der Waals surface area contributed by atoms with Gasteiger partial charge in [0.1, 0.15) is 71.1 Å². The van der Waals surface area contributed by atoms with Crippen LogP contribution in [0.1, 0.15) is 114 Å². The van der Waals surface area contributed by atoms with Crippen LogP contribution in [-0.4, -0.2) is 11.6 Å². The molecular weight excluding hydrogens is 1040 g/mol. The number of benzene rings is 2. The van der Waals surface area contributed by atoms with E-state index in [4.69, 9.17) is 8.73 Å². The summed E-state index contributed by atoms with van der Waals surface area (Å²) < 4.78 is 9.64. The Morgan fingerprint density at radius 2 is 0.784 bits per heavy atom. The van der Waals surface area contributed by atoms with E-state index in [0.29, 0.717) is 0 Å². The molecule has 12 nitrogen and oxygen atoms in total. The number of nitriles is 8. The van der Waals surface area contributed by atoms with Gasteiger partial charge < -0.3 is 0 Å². The van der Waals surface area contributed by atoms with Crippen LogP contribution >= 0.6 is 56.7 Å². The highest BCUT2D eigenvalue weighted by Crippen LogP contribution is 2.64. The van der Waals surface area contributed by atoms with Crippen LogP contribution in [0.15, 0.2) is 79.5 Å². The van der Waals surface area contributed by atoms with Gasteiger partial charge in [-0.3, -0.25) is 9.59 Å². The van der Waals surface area contributed by atoms with E-state index in [9.17, 15) is 51.7 Å². The maximum absolute atomic E-state index is 14.0. The number of allylic oxidation sites excluding steroid dienone is 6. The van der Waals surface area contributed by atoms with Crippen molar-refractivity contribution in [1.82, 2.24) is 0 Å². The Morgan fingerprint density at radius 3 is 1.14 bits per heavy atom. The van der Waals surface area contributed by atoms with Crippen LogP contribution in [0.4, 0.5) is 11.4 Å². The van der Waals surface area contributed by atoms with E-state index in [1.54, 1.807) is 46.2 Å². The largest absolute Gasteiger partial charge is 0.289 e. The molecule has 5 aliphatic rings. The molecule has 0 spiro atoms. The third-order valence-electron chi connectivity index (χ3n) is 14.0. The molecule has 6 heterocycles. The lowest BCUT2D eigenvalue weighted by atomic mass is 9.83. The summed E-state index contributed by atoms with van der Waals surface area (Å²) >= 11 is 9.18. The molecule has 4 aliphatic carbocycles. The molecule has 0 bridgehead atoms. The summed E-state index contributed by atoms with van der Waals surface area (Å²) in [6, 6.07) is 29.7. The molecule has 5 aromatic heterocycles. The van der Waals surface area contributed by atoms with Crippen molar-refractivity contribution in [2.45, 2.75) is 38.5 Å². The third kappa shape index (κ3) is 6.24. The maximum Gasteiger partial charge on any atom is 0.194 e. The molecule has 0 saturated carbocycles. The first-order valence-corrected chi connectivity index (χ1v) is 26.9. The summed E-state index contributed by atoms with van der Waals surface area (Å²) in [7, 11) is 0. The Kier molecular flexibility index (Phi) is 10.1. The van der Waals surface area contributed by atoms with Crippen molar-refractivity contribution in [1.29, 1.82) is 42.1 Å². The monoisotopic (exact) mass is 1060 g/mol. The highest BCUT2D eigenvalue weighted by molar-refractivity contribution is 7.58. The first-order chi connectivity index (χ1) is 35.6. The normalized spacial score (nSPS) is 16.1. The van der Waals surface area contributed by atoms with Crippen molar-refractivity contribution in [3.63, 3.8) is 0 Å². The van der Waals surface area contributed by atoms with E-state index in [1.807, 2.05) is 60.7 Å². The van der Waals surface area contributed by atoms with E-state index in [2.05, 4.69) is 39.8 Å². The molecule has 18 heteroatoms. The van der Waals surface area contributed by atoms with Gasteiger partial charge >= 0.3 is 0 Å². The van der Waals surface area contributed by atoms with E-state index >= 15 is 0 Å². The summed E-state index contributed by atoms with van der Waals surface area (Å²) in [4.78, 5) is 37.9. The summed E-state index contributed by atoms with van der Waals surface area (Å²) in [5, 5.41) is 78.8. The Balaban J connectivity index is 0.899. The van der Waals surface area contributed by atoms with Crippen LogP contribution in [0, 0.1) is 90.6 Å². The second-order valence-corrected chi connectivity index (χ2v) is 24.3. The Labute approximate surface area is 444 Å². The Morgan fingerprint density at radius 1 is 0.446 bits per heavy atom. The van der Waals surface area contributed by atoms with Gasteiger partial charge in [-0.1, -0.05) is 27.7 Å². The van der Waals surface area contributed by atoms with Gasteiger partial charge in [0, 0.05) is 83.3 Å². The maximum atomic E-state index is 14.0. The minimum atomic E-state index is -0.434. The van der Waals surface area contributed by atoms with Crippen LogP contribution in [0.2, 0.25) is 0 Å². The zero-order valence-electron chi connectivity index (χ0n) is 38.5. The third-order valence-corrected chi connectivity index (χ3v) is 20.8. The molecule has 2 aromatic carbocycles. The summed E-state index contributed by atoms with van der Waals surface area (Å²) in [5.41, 5.74) is 6.39. The molecule has 0 N–H and O–H groups in total. The fourth-order valence-corrected chi connectivity index (χ4v) is 17.9. The molecule has 12 rings (SSSR count). The van der Waals surface area contributed by atoms with Gasteiger partial charge in [-0.15, -0.1) is 56.7 Å². The first kappa shape index (κ1) is 46.1. The summed E-state index contributed by atoms with van der Waals surface area (Å²) in [6.45, 7) is 8.66. The van der Waals surface area contributed by atoms with Gasteiger partial charge in [0.15, 0.2) is 11.6 Å². The lowest BCUT2D eigenvalue weighted by Gasteiger charge is -2.19. The number of hydrogen-bond donors (Lipinski definition) is 0. The van der Waals surface area contributed by atoms with Crippen molar-refractivity contribution in [2.75, 3.05) is 0 Å². The number of hydrogen-bond acceptors (Lipinski definition) is 17. The molecule has 0 saturated heterocycles. The van der Waals surface area contributed by atoms with Crippen molar-refractivity contribution < 1.29 is 9.59 Å². The highest BCUT2D eigenvalue weighted by atomic mass is 32.1. The average Bonchev–Trinajstić information content (AvgIpc) is 4.28. The number of Topliss-reactive ketones (excluding diaryl/α,β-unsaturated/α-hetero) is 2. The molecule has 344 valence electrons. The Bertz CT molecular complexity index is 4240. The fourth-order valence-electron chi connectivity index (χ4n) is 10.3. The molecule has 0 radical (unpaired) electrons. The van der Waals surface area contributed by atoms with E-state index in [-0.39, 0.29) is 77.9 Å². The van der Waals surface area contributed by atoms with Crippen LogP contribution in [0.3, 0.4) is 0 Å². The smallest absolute Gasteiger partial charge is 0.194 e. The molecule has 0 fully saturated rings. The van der Waals surface area contributed by atoms with Crippen LogP contribution in [0.5, 0.6) is 0 Å². The second kappa shape index (κ2) is 16.2. The predicted molar refractivity (Wildman–Crippen MR) is 286 cm³/mol. The van der Waals surface area contributed by atoms with Crippen LogP contribution < -0.4 is 0 Å². The van der Waals surface area contributed by atoms with Gasteiger partial charge in [0.2, 0.25) is 0 Å². The first-order valence-electron chi connectivity index (χ1n) is 22.1. The van der Waals surface area contributed by atoms with E-state index in [1.165, 1.54) is 46.9 Å². The van der Waals surface area contributed by atoms with Crippen LogP contribution in [-0.2, 0) is 22.2 Å². The number of nitrogens with zero attached hydrogens (tertiary/aromatic N) is 10. The van der Waals surface area contributed by atoms with Gasteiger partial charge in [0.25, 0.3) is 0 Å². The molecule has 0 unspecified atom stereocenters. The zero-order chi connectivity index (χ0) is 51.9. The SMILES string of the molecule is CC1(C)c2cc(/C=C3\C(=O)c4cc(C#N)c(C#N)cc4C3=C(C#N)C#N)sc2-c2sc(-c3sc(-c4cc5c(s4)-c4sc(/C=C6\C(=O)c7cc(C#N)c(C#N)cc7C6=C(C#N)C#N)cc4C5(C)C)c4c3N=S=N4)cc21. The van der Waals surface area contributed by atoms with Crippen molar-refractivity contribution in [3.05, 3.63) is 147 Å². The molecular formula is C56H22N10O2S6. The van der Waals surface area contributed by atoms with Gasteiger partial charge in [-0.2, -0.15) is 50.8 Å². The van der Waals surface area contributed by atoms with E-state index < -0.39 is 22.4 Å². The van der Waals surface area contributed by atoms with Crippen molar-refractivity contribution in [2.24, 2.45) is 8.73 Å². The van der Waals surface area contributed by atoms with Crippen molar-refractivity contribution in [3.8, 4) is 87.6 Å². The number of carbonyl (C=O) groups is 2. The molecule has 7 aromatic rings. The number of carbonyl (C=O) groups excluding carboxylic acids is 2. The van der Waals surface area contributed by atoms with Gasteiger partial charge in [-0.05, 0) is 94.1 Å². The molecule has 0 atom stereocenters. The number of thiophene rings is 5. The summed E-state index contributed by atoms with van der Waals surface area (Å²) in [5.74, 6) is -0.868. The predicted octanol–water partition coefficient (Wildman–Crippen LogP) is 14.3. The van der Waals surface area contributed by atoms with Crippen LogP contribution in [0.25, 0.3) is 62.3 Å². The Hall–Kier alpha value is -9.02. The standard InChI is InChI=1S/C56H22N10O2S6/c1-55(2)37-11-29(9-35-43(27(19-61)20-62)31-5-23(15-57)25(17-59)7-33(31)47(35)67)69-49(37)51-39(55)13-41(71-51)53-45-46(66-74-65-45)54(73-53)42-14-40-52(72-42)50-38(56(40,3)4)12-30(70-50)10-36-44(28(21-63)22-64)32-6-24(16-58)26(18-60)8-34(32)48(36)68/h5-14H,1-4H3/b35-9-,36-10-. The lowest BCUT2D eigenvalue weighted by molar-refractivity contribution is 0.103. The topological polar surface area (TPSA) is 249 Å². The summed E-state index contributed by atoms with van der Waals surface area (Å²) in [6.07, 6.45) is 3.41. The van der Waals surface area contributed by atoms with Crippen molar-refractivity contribution >= 4 is 114 Å². The van der Waals surface area contributed by atoms with Gasteiger partial charge in [0.05, 0.1) is 43.4 Å². The molecule has 0 amide bonds. The second-order valence-electron chi connectivity index (χ2n) is 18.5. The number of ketones is 2. The van der Waals surface area contributed by atoms with Gasteiger partial charge in [-0.25, -0.2) is 0 Å². The lowest BCUT2D eigenvalue weighted by Crippen LogP contribution is -2.13. The molecule has 74 heavy (non-hydrogen) atoms. The highest BCUT2D eigenvalue weighted by Gasteiger charge is 2.43. The fraction of sp³-hybridized carbons (Fsp3) is 0.107. The molecule has 1 aliphatic heterocycles. The number of fused-ring (bicyclic) bond motifs is 9. The zero-order valence-corrected chi connectivity index (χ0v) is 43.4. The minimum Gasteiger partial charge on any atom is -0.289 e.